The molecule has 4 rings (SSSR count). The van der Waals surface area contributed by atoms with Gasteiger partial charge in [-0.2, -0.15) is 0 Å². The van der Waals surface area contributed by atoms with Crippen LogP contribution in [0.5, 0.6) is 5.75 Å². The number of carbonyl (C=O) groups excluding carboxylic acids is 1. The Kier molecular flexibility index (Phi) is 6.03. The van der Waals surface area contributed by atoms with Crippen LogP contribution in [0.2, 0.25) is 0 Å². The number of benzene rings is 3. The van der Waals surface area contributed by atoms with Crippen molar-refractivity contribution in [1.82, 2.24) is 14.9 Å². The van der Waals surface area contributed by atoms with Crippen molar-refractivity contribution in [2.45, 2.75) is 33.9 Å². The average Bonchev–Trinajstić information content (AvgIpc) is 3.12. The lowest BCUT2D eigenvalue weighted by atomic mass is 10.1. The first-order valence-electron chi connectivity index (χ1n) is 10.5. The number of hydrogen-bond acceptors (Lipinski definition) is 3. The highest BCUT2D eigenvalue weighted by Gasteiger charge is 2.13. The van der Waals surface area contributed by atoms with E-state index in [1.165, 1.54) is 5.56 Å². The third-order valence-corrected chi connectivity index (χ3v) is 5.37. The molecular weight excluding hydrogens is 386 g/mol. The zero-order chi connectivity index (χ0) is 21.8. The molecule has 1 heterocycles. The first-order chi connectivity index (χ1) is 15.0. The SMILES string of the molecule is Cc1ccc(C(=O)NCc2nc3ccccc3n2CCOc2cc(C)ccc2C)cc1. The predicted octanol–water partition coefficient (Wildman–Crippen LogP) is 4.97. The Labute approximate surface area is 182 Å². The van der Waals surface area contributed by atoms with Crippen LogP contribution in [0.1, 0.15) is 32.9 Å². The number of fused-ring (bicyclic) bond motifs is 1. The van der Waals surface area contributed by atoms with E-state index < -0.39 is 0 Å². The Bertz CT molecular complexity index is 1210. The standard InChI is InChI=1S/C26H27N3O2/c1-18-9-12-21(13-10-18)26(30)27-17-25-28-22-6-4-5-7-23(22)29(25)14-15-31-24-16-19(2)8-11-20(24)3/h4-13,16H,14-15,17H2,1-3H3,(H,27,30). The van der Waals surface area contributed by atoms with Gasteiger partial charge in [-0.05, 0) is 62.2 Å². The number of aryl methyl sites for hydroxylation is 3. The molecule has 5 heteroatoms. The van der Waals surface area contributed by atoms with Crippen molar-refractivity contribution in [3.63, 3.8) is 0 Å². The molecule has 0 unspecified atom stereocenters. The van der Waals surface area contributed by atoms with Gasteiger partial charge < -0.3 is 14.6 Å². The molecule has 0 radical (unpaired) electrons. The van der Waals surface area contributed by atoms with Crippen LogP contribution in [0.4, 0.5) is 0 Å². The fourth-order valence-corrected chi connectivity index (χ4v) is 3.59. The third-order valence-electron chi connectivity index (χ3n) is 5.37. The number of carbonyl (C=O) groups is 1. The molecule has 0 fully saturated rings. The van der Waals surface area contributed by atoms with Gasteiger partial charge in [-0.25, -0.2) is 4.98 Å². The van der Waals surface area contributed by atoms with Gasteiger partial charge in [0.25, 0.3) is 5.91 Å². The van der Waals surface area contributed by atoms with Crippen molar-refractivity contribution in [3.8, 4) is 5.75 Å². The van der Waals surface area contributed by atoms with Crippen molar-refractivity contribution in [3.05, 3.63) is 94.8 Å². The number of aromatic nitrogens is 2. The summed E-state index contributed by atoms with van der Waals surface area (Å²) in [6, 6.07) is 21.8. The molecular formula is C26H27N3O2. The van der Waals surface area contributed by atoms with Gasteiger partial charge in [0.1, 0.15) is 18.2 Å². The highest BCUT2D eigenvalue weighted by atomic mass is 16.5. The van der Waals surface area contributed by atoms with E-state index >= 15 is 0 Å². The molecule has 1 amide bonds. The second-order valence-corrected chi connectivity index (χ2v) is 7.83. The van der Waals surface area contributed by atoms with Crippen molar-refractivity contribution >= 4 is 16.9 Å². The minimum Gasteiger partial charge on any atom is -0.491 e. The number of amides is 1. The summed E-state index contributed by atoms with van der Waals surface area (Å²) in [6.07, 6.45) is 0. The third kappa shape index (κ3) is 4.77. The van der Waals surface area contributed by atoms with Crippen molar-refractivity contribution in [1.29, 1.82) is 0 Å². The predicted molar refractivity (Wildman–Crippen MR) is 123 cm³/mol. The van der Waals surface area contributed by atoms with E-state index in [2.05, 4.69) is 35.0 Å². The minimum absolute atomic E-state index is 0.106. The summed E-state index contributed by atoms with van der Waals surface area (Å²) in [5, 5.41) is 3.00. The Morgan fingerprint density at radius 1 is 0.968 bits per heavy atom. The van der Waals surface area contributed by atoms with E-state index in [1.54, 1.807) is 0 Å². The molecule has 3 aromatic carbocycles. The van der Waals surface area contributed by atoms with Gasteiger partial charge in [-0.1, -0.05) is 42.0 Å². The van der Waals surface area contributed by atoms with Crippen LogP contribution in [0, 0.1) is 20.8 Å². The number of para-hydroxylation sites is 2. The lowest BCUT2D eigenvalue weighted by Gasteiger charge is -2.13. The molecule has 0 saturated carbocycles. The van der Waals surface area contributed by atoms with E-state index in [9.17, 15) is 4.79 Å². The zero-order valence-electron chi connectivity index (χ0n) is 18.2. The van der Waals surface area contributed by atoms with Crippen LogP contribution in [0.25, 0.3) is 11.0 Å². The van der Waals surface area contributed by atoms with Crippen molar-refractivity contribution < 1.29 is 9.53 Å². The Morgan fingerprint density at radius 2 is 1.71 bits per heavy atom. The normalized spacial score (nSPS) is 10.9. The molecule has 1 aromatic heterocycles. The maximum Gasteiger partial charge on any atom is 0.251 e. The summed E-state index contributed by atoms with van der Waals surface area (Å²) in [5.74, 6) is 1.61. The monoisotopic (exact) mass is 413 g/mol. The fourth-order valence-electron chi connectivity index (χ4n) is 3.59. The van der Waals surface area contributed by atoms with Crippen LogP contribution >= 0.6 is 0 Å². The molecule has 4 aromatic rings. The van der Waals surface area contributed by atoms with Gasteiger partial charge in [0.2, 0.25) is 0 Å². The largest absolute Gasteiger partial charge is 0.491 e. The topological polar surface area (TPSA) is 56.2 Å². The summed E-state index contributed by atoms with van der Waals surface area (Å²) in [7, 11) is 0. The molecule has 158 valence electrons. The molecule has 31 heavy (non-hydrogen) atoms. The number of rotatable bonds is 7. The zero-order valence-corrected chi connectivity index (χ0v) is 18.2. The van der Waals surface area contributed by atoms with E-state index in [0.717, 1.165) is 33.7 Å². The highest BCUT2D eigenvalue weighted by Crippen LogP contribution is 2.20. The smallest absolute Gasteiger partial charge is 0.251 e. The second-order valence-electron chi connectivity index (χ2n) is 7.83. The molecule has 0 aliphatic carbocycles. The highest BCUT2D eigenvalue weighted by molar-refractivity contribution is 5.94. The fraction of sp³-hybridized carbons (Fsp3) is 0.231. The van der Waals surface area contributed by atoms with Gasteiger partial charge in [-0.3, -0.25) is 4.79 Å². The number of nitrogens with one attached hydrogen (secondary N) is 1. The quantitative estimate of drug-likeness (QED) is 0.465. The lowest BCUT2D eigenvalue weighted by molar-refractivity contribution is 0.0949. The van der Waals surface area contributed by atoms with Crippen LogP contribution < -0.4 is 10.1 Å². The maximum atomic E-state index is 12.6. The number of ether oxygens (including phenoxy) is 1. The van der Waals surface area contributed by atoms with Crippen LogP contribution in [-0.2, 0) is 13.1 Å². The van der Waals surface area contributed by atoms with Crippen LogP contribution in [-0.4, -0.2) is 22.1 Å². The van der Waals surface area contributed by atoms with E-state index in [1.807, 2.05) is 62.4 Å². The van der Waals surface area contributed by atoms with E-state index in [4.69, 9.17) is 9.72 Å². The molecule has 5 nitrogen and oxygen atoms in total. The number of hydrogen-bond donors (Lipinski definition) is 1. The molecule has 1 N–H and O–H groups in total. The second kappa shape index (κ2) is 9.04. The Hall–Kier alpha value is -3.60. The minimum atomic E-state index is -0.106. The first kappa shape index (κ1) is 20.7. The summed E-state index contributed by atoms with van der Waals surface area (Å²) in [4.78, 5) is 17.3. The summed E-state index contributed by atoms with van der Waals surface area (Å²) >= 11 is 0. The number of nitrogens with zero attached hydrogens (tertiary/aromatic N) is 2. The summed E-state index contributed by atoms with van der Waals surface area (Å²) in [5.41, 5.74) is 6.01. The molecule has 0 saturated heterocycles. The van der Waals surface area contributed by atoms with Crippen LogP contribution in [0.15, 0.2) is 66.7 Å². The van der Waals surface area contributed by atoms with E-state index in [0.29, 0.717) is 25.3 Å². The van der Waals surface area contributed by atoms with Gasteiger partial charge in [-0.15, -0.1) is 0 Å². The van der Waals surface area contributed by atoms with Gasteiger partial charge >= 0.3 is 0 Å². The van der Waals surface area contributed by atoms with Gasteiger partial charge in [0.15, 0.2) is 0 Å². The molecule has 0 aliphatic heterocycles. The van der Waals surface area contributed by atoms with Crippen molar-refractivity contribution in [2.24, 2.45) is 0 Å². The van der Waals surface area contributed by atoms with Crippen LogP contribution in [0.3, 0.4) is 0 Å². The van der Waals surface area contributed by atoms with E-state index in [-0.39, 0.29) is 5.91 Å². The maximum absolute atomic E-state index is 12.6. The average molecular weight is 414 g/mol. The molecule has 0 spiro atoms. The van der Waals surface area contributed by atoms with Crippen molar-refractivity contribution in [2.75, 3.05) is 6.61 Å². The Morgan fingerprint density at radius 3 is 2.52 bits per heavy atom. The van der Waals surface area contributed by atoms with Gasteiger partial charge in [0, 0.05) is 5.56 Å². The summed E-state index contributed by atoms with van der Waals surface area (Å²) in [6.45, 7) is 7.63. The lowest BCUT2D eigenvalue weighted by Crippen LogP contribution is -2.25. The van der Waals surface area contributed by atoms with Gasteiger partial charge in [0.05, 0.1) is 24.1 Å². The summed E-state index contributed by atoms with van der Waals surface area (Å²) < 4.78 is 8.19. The molecule has 0 bridgehead atoms. The molecule has 0 aliphatic rings. The Balaban J connectivity index is 1.49. The molecule has 0 atom stereocenters. The number of imidazole rings is 1. The first-order valence-corrected chi connectivity index (χ1v) is 10.5.